The summed E-state index contributed by atoms with van der Waals surface area (Å²) < 4.78 is 0. The highest BCUT2D eigenvalue weighted by Gasteiger charge is 2.40. The van der Waals surface area contributed by atoms with Crippen molar-refractivity contribution < 1.29 is 4.79 Å². The van der Waals surface area contributed by atoms with Crippen LogP contribution in [-0.4, -0.2) is 24.5 Å². The molecule has 2 aliphatic carbocycles. The van der Waals surface area contributed by atoms with Gasteiger partial charge in [0.1, 0.15) is 0 Å². The third-order valence-electron chi connectivity index (χ3n) is 4.44. The maximum Gasteiger partial charge on any atom is 0.237 e. The van der Waals surface area contributed by atoms with Gasteiger partial charge in [-0.2, -0.15) is 0 Å². The molecule has 1 saturated heterocycles. The molecule has 3 rings (SSSR count). The molecule has 16 heavy (non-hydrogen) atoms. The Kier molecular flexibility index (Phi) is 3.75. The van der Waals surface area contributed by atoms with Gasteiger partial charge >= 0.3 is 0 Å². The van der Waals surface area contributed by atoms with Crippen molar-refractivity contribution >= 4 is 18.3 Å². The van der Waals surface area contributed by atoms with E-state index < -0.39 is 0 Å². The topological polar surface area (TPSA) is 41.1 Å². The van der Waals surface area contributed by atoms with Gasteiger partial charge in [-0.3, -0.25) is 4.79 Å². The van der Waals surface area contributed by atoms with Crippen molar-refractivity contribution in [1.29, 1.82) is 0 Å². The zero-order valence-electron chi connectivity index (χ0n) is 9.58. The van der Waals surface area contributed by atoms with Crippen molar-refractivity contribution in [2.75, 3.05) is 6.54 Å². The largest absolute Gasteiger partial charge is 0.352 e. The van der Waals surface area contributed by atoms with Gasteiger partial charge in [-0.1, -0.05) is 6.42 Å². The minimum Gasteiger partial charge on any atom is -0.352 e. The first-order valence-electron chi connectivity index (χ1n) is 6.36. The Labute approximate surface area is 103 Å². The average Bonchev–Trinajstić information content (AvgIpc) is 2.95. The van der Waals surface area contributed by atoms with E-state index in [9.17, 15) is 4.79 Å². The van der Waals surface area contributed by atoms with Crippen LogP contribution in [0.5, 0.6) is 0 Å². The minimum atomic E-state index is 0. The summed E-state index contributed by atoms with van der Waals surface area (Å²) in [4.78, 5) is 11.9. The molecule has 0 radical (unpaired) electrons. The monoisotopic (exact) mass is 244 g/mol. The first-order chi connectivity index (χ1) is 7.33. The van der Waals surface area contributed by atoms with E-state index >= 15 is 0 Å². The Balaban J connectivity index is 0.000000963. The van der Waals surface area contributed by atoms with Crippen LogP contribution in [-0.2, 0) is 4.79 Å². The maximum atomic E-state index is 11.9. The third-order valence-corrected chi connectivity index (χ3v) is 4.44. The summed E-state index contributed by atoms with van der Waals surface area (Å²) in [6.45, 7) is 1.01. The quantitative estimate of drug-likeness (QED) is 0.773. The molecule has 1 amide bonds. The van der Waals surface area contributed by atoms with E-state index in [0.29, 0.717) is 6.04 Å². The summed E-state index contributed by atoms with van der Waals surface area (Å²) in [7, 11) is 0. The van der Waals surface area contributed by atoms with Crippen LogP contribution >= 0.6 is 12.4 Å². The van der Waals surface area contributed by atoms with Crippen LogP contribution in [0, 0.1) is 11.8 Å². The molecule has 3 fully saturated rings. The lowest BCUT2D eigenvalue weighted by Gasteiger charge is -2.24. The molecule has 3 nitrogen and oxygen atoms in total. The molecule has 0 spiro atoms. The summed E-state index contributed by atoms with van der Waals surface area (Å²) in [5.74, 6) is 1.96. The Morgan fingerprint density at radius 3 is 2.62 bits per heavy atom. The SMILES string of the molecule is Cl.O=C(NC1CC2CCC1C2)C1CCCN1. The molecule has 92 valence electrons. The molecule has 2 N–H and O–H groups in total. The van der Waals surface area contributed by atoms with Crippen molar-refractivity contribution in [3.05, 3.63) is 0 Å². The third kappa shape index (κ3) is 2.21. The second-order valence-corrected chi connectivity index (χ2v) is 5.44. The highest BCUT2D eigenvalue weighted by molar-refractivity contribution is 5.85. The second kappa shape index (κ2) is 4.92. The van der Waals surface area contributed by atoms with Gasteiger partial charge in [-0.05, 0) is 50.5 Å². The van der Waals surface area contributed by atoms with E-state index in [-0.39, 0.29) is 24.4 Å². The number of rotatable bonds is 2. The predicted molar refractivity (Wildman–Crippen MR) is 65.7 cm³/mol. The fraction of sp³-hybridized carbons (Fsp3) is 0.917. The smallest absolute Gasteiger partial charge is 0.237 e. The molecule has 2 bridgehead atoms. The molecule has 4 atom stereocenters. The number of carbonyl (C=O) groups excluding carboxylic acids is 1. The predicted octanol–water partition coefficient (Wildman–Crippen LogP) is 1.46. The zero-order valence-corrected chi connectivity index (χ0v) is 10.4. The van der Waals surface area contributed by atoms with Crippen LogP contribution in [0.2, 0.25) is 0 Å². The van der Waals surface area contributed by atoms with Gasteiger partial charge in [0.25, 0.3) is 0 Å². The van der Waals surface area contributed by atoms with Crippen molar-refractivity contribution in [3.63, 3.8) is 0 Å². The van der Waals surface area contributed by atoms with E-state index in [1.54, 1.807) is 0 Å². The Morgan fingerprint density at radius 2 is 2.06 bits per heavy atom. The van der Waals surface area contributed by atoms with E-state index in [1.807, 2.05) is 0 Å². The van der Waals surface area contributed by atoms with E-state index in [0.717, 1.165) is 31.2 Å². The van der Waals surface area contributed by atoms with E-state index in [4.69, 9.17) is 0 Å². The molecular weight excluding hydrogens is 224 g/mol. The van der Waals surface area contributed by atoms with Crippen molar-refractivity contribution in [1.82, 2.24) is 10.6 Å². The van der Waals surface area contributed by atoms with Crippen LogP contribution in [0.3, 0.4) is 0 Å². The molecule has 2 saturated carbocycles. The number of halogens is 1. The van der Waals surface area contributed by atoms with Gasteiger partial charge in [0.15, 0.2) is 0 Å². The number of carbonyl (C=O) groups is 1. The van der Waals surface area contributed by atoms with Gasteiger partial charge in [0.05, 0.1) is 6.04 Å². The Morgan fingerprint density at radius 1 is 1.19 bits per heavy atom. The number of amides is 1. The zero-order chi connectivity index (χ0) is 10.3. The molecular formula is C12H21ClN2O. The highest BCUT2D eigenvalue weighted by atomic mass is 35.5. The first kappa shape index (κ1) is 12.2. The molecule has 4 heteroatoms. The standard InChI is InChI=1S/C12H20N2O.ClH/c15-12(10-2-1-5-13-10)14-11-7-8-3-4-9(11)6-8;/h8-11,13H,1-7H2,(H,14,15);1H. The molecule has 0 aromatic rings. The summed E-state index contributed by atoms with van der Waals surface area (Å²) >= 11 is 0. The number of hydrogen-bond donors (Lipinski definition) is 2. The van der Waals surface area contributed by atoms with Gasteiger partial charge in [-0.15, -0.1) is 12.4 Å². The van der Waals surface area contributed by atoms with Gasteiger partial charge < -0.3 is 10.6 Å². The Hall–Kier alpha value is -0.280. The van der Waals surface area contributed by atoms with Crippen LogP contribution in [0.15, 0.2) is 0 Å². The number of fused-ring (bicyclic) bond motifs is 2. The molecule has 4 unspecified atom stereocenters. The minimum absolute atomic E-state index is 0. The molecule has 1 heterocycles. The lowest BCUT2D eigenvalue weighted by Crippen LogP contribution is -2.46. The van der Waals surface area contributed by atoms with Gasteiger partial charge in [0.2, 0.25) is 5.91 Å². The fourth-order valence-corrected chi connectivity index (χ4v) is 3.61. The highest BCUT2D eigenvalue weighted by Crippen LogP contribution is 2.44. The summed E-state index contributed by atoms with van der Waals surface area (Å²) in [5.41, 5.74) is 0. The average molecular weight is 245 g/mol. The first-order valence-corrected chi connectivity index (χ1v) is 6.36. The summed E-state index contributed by atoms with van der Waals surface area (Å²) in [6.07, 6.45) is 7.51. The van der Waals surface area contributed by atoms with Crippen LogP contribution < -0.4 is 10.6 Å². The normalized spacial score (nSPS) is 40.8. The van der Waals surface area contributed by atoms with E-state index in [2.05, 4.69) is 10.6 Å². The van der Waals surface area contributed by atoms with Crippen molar-refractivity contribution in [2.24, 2.45) is 11.8 Å². The van der Waals surface area contributed by atoms with Gasteiger partial charge in [-0.25, -0.2) is 0 Å². The maximum absolute atomic E-state index is 11.9. The lowest BCUT2D eigenvalue weighted by atomic mass is 9.95. The van der Waals surface area contributed by atoms with Crippen LogP contribution in [0.25, 0.3) is 0 Å². The van der Waals surface area contributed by atoms with Crippen molar-refractivity contribution in [3.8, 4) is 0 Å². The number of hydrogen-bond acceptors (Lipinski definition) is 2. The van der Waals surface area contributed by atoms with E-state index in [1.165, 1.54) is 25.7 Å². The van der Waals surface area contributed by atoms with Crippen LogP contribution in [0.4, 0.5) is 0 Å². The lowest BCUT2D eigenvalue weighted by molar-refractivity contribution is -0.123. The van der Waals surface area contributed by atoms with Gasteiger partial charge in [0, 0.05) is 6.04 Å². The summed E-state index contributed by atoms with van der Waals surface area (Å²) in [5, 5.41) is 6.51. The summed E-state index contributed by atoms with van der Waals surface area (Å²) in [6, 6.07) is 0.600. The molecule has 1 aliphatic heterocycles. The molecule has 0 aromatic heterocycles. The number of nitrogens with one attached hydrogen (secondary N) is 2. The molecule has 0 aromatic carbocycles. The second-order valence-electron chi connectivity index (χ2n) is 5.44. The fourth-order valence-electron chi connectivity index (χ4n) is 3.61. The molecule has 3 aliphatic rings. The Bertz CT molecular complexity index is 266. The van der Waals surface area contributed by atoms with Crippen LogP contribution in [0.1, 0.15) is 38.5 Å². The van der Waals surface area contributed by atoms with Crippen molar-refractivity contribution in [2.45, 2.75) is 50.6 Å².